The molecule has 3 aromatic rings. The van der Waals surface area contributed by atoms with Crippen LogP contribution in [0.2, 0.25) is 0 Å². The number of benzene rings is 2. The summed E-state index contributed by atoms with van der Waals surface area (Å²) >= 11 is 1.41. The number of rotatable bonds is 5. The van der Waals surface area contributed by atoms with Crippen molar-refractivity contribution in [3.63, 3.8) is 0 Å². The lowest BCUT2D eigenvalue weighted by Gasteiger charge is -2.04. The van der Waals surface area contributed by atoms with E-state index in [9.17, 15) is 4.39 Å². The van der Waals surface area contributed by atoms with E-state index in [4.69, 9.17) is 0 Å². The molecule has 4 nitrogen and oxygen atoms in total. The van der Waals surface area contributed by atoms with Crippen molar-refractivity contribution in [3.05, 3.63) is 65.5 Å². The van der Waals surface area contributed by atoms with E-state index in [0.717, 1.165) is 11.3 Å². The summed E-state index contributed by atoms with van der Waals surface area (Å²) in [5.74, 6) is 0.809. The molecule has 0 saturated carbocycles. The third-order valence-corrected chi connectivity index (χ3v) is 4.09. The van der Waals surface area contributed by atoms with Crippen molar-refractivity contribution in [2.24, 2.45) is 0 Å². The summed E-state index contributed by atoms with van der Waals surface area (Å²) < 4.78 is 13.6. The maximum absolute atomic E-state index is 13.6. The van der Waals surface area contributed by atoms with E-state index in [1.807, 2.05) is 37.3 Å². The number of aromatic nitrogens is 3. The Balaban J connectivity index is 1.64. The predicted octanol–water partition coefficient (Wildman–Crippen LogP) is 4.29. The molecule has 1 aromatic heterocycles. The van der Waals surface area contributed by atoms with Crippen LogP contribution in [-0.2, 0) is 5.75 Å². The second kappa shape index (κ2) is 6.62. The van der Waals surface area contributed by atoms with Gasteiger partial charge in [-0.2, -0.15) is 4.98 Å². The average molecular weight is 314 g/mol. The molecule has 0 bridgehead atoms. The standard InChI is InChI=1S/C16H15FN4S/c1-11-6-2-5-9-14(11)18-15-19-16(21-20-15)22-10-12-7-3-4-8-13(12)17/h2-9H,10H2,1H3,(H2,18,19,20,21). The first-order chi connectivity index (χ1) is 10.7. The number of hydrogen-bond donors (Lipinski definition) is 2. The molecule has 0 unspecified atom stereocenters. The van der Waals surface area contributed by atoms with Crippen molar-refractivity contribution >= 4 is 23.4 Å². The highest BCUT2D eigenvalue weighted by molar-refractivity contribution is 7.98. The highest BCUT2D eigenvalue weighted by atomic mass is 32.2. The maximum Gasteiger partial charge on any atom is 0.247 e. The molecular formula is C16H15FN4S. The molecule has 2 aromatic carbocycles. The van der Waals surface area contributed by atoms with Crippen LogP contribution in [0.25, 0.3) is 0 Å². The van der Waals surface area contributed by atoms with Crippen LogP contribution >= 0.6 is 11.8 Å². The quantitative estimate of drug-likeness (QED) is 0.690. The number of H-pyrrole nitrogens is 1. The van der Waals surface area contributed by atoms with Gasteiger partial charge >= 0.3 is 0 Å². The summed E-state index contributed by atoms with van der Waals surface area (Å²) in [6, 6.07) is 14.7. The first kappa shape index (κ1) is 14.6. The van der Waals surface area contributed by atoms with E-state index < -0.39 is 0 Å². The molecule has 0 aliphatic rings. The Kier molecular flexibility index (Phi) is 4.39. The fraction of sp³-hybridized carbons (Fsp3) is 0.125. The highest BCUT2D eigenvalue weighted by Crippen LogP contribution is 2.23. The van der Waals surface area contributed by atoms with Gasteiger partial charge in [-0.05, 0) is 30.2 Å². The summed E-state index contributed by atoms with van der Waals surface area (Å²) in [4.78, 5) is 4.35. The number of para-hydroxylation sites is 1. The Morgan fingerprint density at radius 3 is 2.73 bits per heavy atom. The van der Waals surface area contributed by atoms with Crippen LogP contribution in [0.15, 0.2) is 53.7 Å². The number of hydrogen-bond acceptors (Lipinski definition) is 4. The molecule has 0 spiro atoms. The van der Waals surface area contributed by atoms with Gasteiger partial charge in [0, 0.05) is 11.4 Å². The van der Waals surface area contributed by atoms with Gasteiger partial charge < -0.3 is 5.32 Å². The number of aromatic amines is 1. The van der Waals surface area contributed by atoms with Gasteiger partial charge in [0.2, 0.25) is 5.95 Å². The van der Waals surface area contributed by atoms with Gasteiger partial charge in [0.15, 0.2) is 5.16 Å². The summed E-state index contributed by atoms with van der Waals surface area (Å²) in [5, 5.41) is 10.8. The molecule has 0 aliphatic heterocycles. The number of nitrogens with one attached hydrogen (secondary N) is 2. The molecule has 6 heteroatoms. The Morgan fingerprint density at radius 2 is 1.91 bits per heavy atom. The van der Waals surface area contributed by atoms with Crippen molar-refractivity contribution in [2.45, 2.75) is 17.8 Å². The summed E-state index contributed by atoms with van der Waals surface area (Å²) in [5.41, 5.74) is 2.73. The van der Waals surface area contributed by atoms with Crippen LogP contribution in [0.5, 0.6) is 0 Å². The largest absolute Gasteiger partial charge is 0.323 e. The zero-order chi connectivity index (χ0) is 15.4. The first-order valence-corrected chi connectivity index (χ1v) is 7.82. The van der Waals surface area contributed by atoms with Gasteiger partial charge in [0.1, 0.15) is 5.82 Å². The second-order valence-electron chi connectivity index (χ2n) is 4.78. The lowest BCUT2D eigenvalue weighted by Crippen LogP contribution is -1.94. The van der Waals surface area contributed by atoms with E-state index in [2.05, 4.69) is 20.5 Å². The van der Waals surface area contributed by atoms with E-state index >= 15 is 0 Å². The molecule has 0 fully saturated rings. The molecule has 2 N–H and O–H groups in total. The van der Waals surface area contributed by atoms with Crippen molar-refractivity contribution < 1.29 is 4.39 Å². The minimum atomic E-state index is -0.201. The zero-order valence-electron chi connectivity index (χ0n) is 12.0. The SMILES string of the molecule is Cc1ccccc1Nc1n[nH]c(SCc2ccccc2F)n1. The van der Waals surface area contributed by atoms with Crippen LogP contribution in [0.4, 0.5) is 16.0 Å². The molecule has 112 valence electrons. The van der Waals surface area contributed by atoms with E-state index in [1.165, 1.54) is 17.8 Å². The van der Waals surface area contributed by atoms with Crippen LogP contribution in [0.1, 0.15) is 11.1 Å². The fourth-order valence-electron chi connectivity index (χ4n) is 1.96. The minimum absolute atomic E-state index is 0.201. The molecule has 1 heterocycles. The van der Waals surface area contributed by atoms with Crippen molar-refractivity contribution in [1.29, 1.82) is 0 Å². The molecule has 0 saturated heterocycles. The van der Waals surface area contributed by atoms with Gasteiger partial charge in [0.05, 0.1) is 0 Å². The number of halogens is 1. The third kappa shape index (κ3) is 3.46. The molecule has 0 aliphatic carbocycles. The number of thioether (sulfide) groups is 1. The minimum Gasteiger partial charge on any atom is -0.323 e. The topological polar surface area (TPSA) is 53.6 Å². The number of nitrogens with zero attached hydrogens (tertiary/aromatic N) is 2. The van der Waals surface area contributed by atoms with Crippen LogP contribution in [0, 0.1) is 12.7 Å². The smallest absolute Gasteiger partial charge is 0.247 e. The van der Waals surface area contributed by atoms with Crippen LogP contribution < -0.4 is 5.32 Å². The predicted molar refractivity (Wildman–Crippen MR) is 86.8 cm³/mol. The number of anilines is 2. The monoisotopic (exact) mass is 314 g/mol. The normalized spacial score (nSPS) is 10.6. The molecule has 0 radical (unpaired) electrons. The molecule has 22 heavy (non-hydrogen) atoms. The third-order valence-electron chi connectivity index (χ3n) is 3.18. The molecule has 0 atom stereocenters. The second-order valence-corrected chi connectivity index (χ2v) is 5.75. The van der Waals surface area contributed by atoms with Crippen molar-refractivity contribution in [2.75, 3.05) is 5.32 Å². The van der Waals surface area contributed by atoms with E-state index in [-0.39, 0.29) is 5.82 Å². The first-order valence-electron chi connectivity index (χ1n) is 6.83. The summed E-state index contributed by atoms with van der Waals surface area (Å²) in [6.07, 6.45) is 0. The lowest BCUT2D eigenvalue weighted by atomic mass is 10.2. The molecule has 0 amide bonds. The Labute approximate surface area is 132 Å². The fourth-order valence-corrected chi connectivity index (χ4v) is 2.75. The van der Waals surface area contributed by atoms with Gasteiger partial charge in [-0.25, -0.2) is 4.39 Å². The van der Waals surface area contributed by atoms with Gasteiger partial charge in [0.25, 0.3) is 0 Å². The van der Waals surface area contributed by atoms with E-state index in [1.54, 1.807) is 12.1 Å². The van der Waals surface area contributed by atoms with Gasteiger partial charge in [-0.3, -0.25) is 5.10 Å². The van der Waals surface area contributed by atoms with Crippen molar-refractivity contribution in [1.82, 2.24) is 15.2 Å². The van der Waals surface area contributed by atoms with Crippen LogP contribution in [-0.4, -0.2) is 15.2 Å². The van der Waals surface area contributed by atoms with Crippen molar-refractivity contribution in [3.8, 4) is 0 Å². The Bertz CT molecular complexity index is 772. The molecular weight excluding hydrogens is 299 g/mol. The van der Waals surface area contributed by atoms with Gasteiger partial charge in [-0.15, -0.1) is 5.10 Å². The lowest BCUT2D eigenvalue weighted by molar-refractivity contribution is 0.617. The number of aryl methyl sites for hydroxylation is 1. The highest BCUT2D eigenvalue weighted by Gasteiger charge is 2.07. The average Bonchev–Trinajstić information content (AvgIpc) is 2.96. The summed E-state index contributed by atoms with van der Waals surface area (Å²) in [6.45, 7) is 2.02. The Morgan fingerprint density at radius 1 is 1.14 bits per heavy atom. The Hall–Kier alpha value is -2.34. The summed E-state index contributed by atoms with van der Waals surface area (Å²) in [7, 11) is 0. The molecule has 3 rings (SSSR count). The van der Waals surface area contributed by atoms with E-state index in [0.29, 0.717) is 22.4 Å². The van der Waals surface area contributed by atoms with Gasteiger partial charge in [-0.1, -0.05) is 48.2 Å². The van der Waals surface area contributed by atoms with Crippen LogP contribution in [0.3, 0.4) is 0 Å². The zero-order valence-corrected chi connectivity index (χ0v) is 12.8. The maximum atomic E-state index is 13.6.